The van der Waals surface area contributed by atoms with Crippen LogP contribution in [0.3, 0.4) is 0 Å². The van der Waals surface area contributed by atoms with Crippen LogP contribution < -0.4 is 0 Å². The predicted octanol–water partition coefficient (Wildman–Crippen LogP) is 1.57. The highest BCUT2D eigenvalue weighted by molar-refractivity contribution is 5.40. The zero-order valence-electron chi connectivity index (χ0n) is 12.7. The summed E-state index contributed by atoms with van der Waals surface area (Å²) in [6.45, 7) is 8.72. The van der Waals surface area contributed by atoms with Gasteiger partial charge in [-0.1, -0.05) is 6.07 Å². The van der Waals surface area contributed by atoms with Crippen molar-refractivity contribution in [3.63, 3.8) is 0 Å². The molecule has 1 aliphatic rings. The Bertz CT molecular complexity index is 499. The number of aliphatic hydroxyl groups excluding tert-OH is 1. The molecule has 1 unspecified atom stereocenters. The van der Waals surface area contributed by atoms with Crippen molar-refractivity contribution in [2.45, 2.75) is 19.9 Å². The lowest BCUT2D eigenvalue weighted by atomic mass is 10.00. The van der Waals surface area contributed by atoms with E-state index in [1.54, 1.807) is 12.1 Å². The zero-order chi connectivity index (χ0) is 15.4. The first kappa shape index (κ1) is 15.9. The van der Waals surface area contributed by atoms with Gasteiger partial charge in [0, 0.05) is 50.9 Å². The van der Waals surface area contributed by atoms with E-state index >= 15 is 0 Å². The number of non-ortho nitro benzene ring substituents is 1. The van der Waals surface area contributed by atoms with Crippen molar-refractivity contribution in [2.24, 2.45) is 0 Å². The first-order valence-corrected chi connectivity index (χ1v) is 7.35. The minimum Gasteiger partial charge on any atom is -0.395 e. The van der Waals surface area contributed by atoms with E-state index in [4.69, 9.17) is 5.11 Å². The standard InChI is InChI=1S/C15H23N3O3/c1-12-3-4-14(18(20)21)11-15(12)13(2)17-7-5-16(6-8-17)9-10-19/h3-4,11,13,19H,5-10H2,1-2H3. The highest BCUT2D eigenvalue weighted by Gasteiger charge is 2.23. The van der Waals surface area contributed by atoms with Gasteiger partial charge in [0.1, 0.15) is 0 Å². The van der Waals surface area contributed by atoms with Crippen molar-refractivity contribution in [3.05, 3.63) is 39.4 Å². The van der Waals surface area contributed by atoms with E-state index in [-0.39, 0.29) is 23.3 Å². The topological polar surface area (TPSA) is 69.9 Å². The Balaban J connectivity index is 2.08. The molecule has 0 amide bonds. The Morgan fingerprint density at radius 1 is 1.33 bits per heavy atom. The van der Waals surface area contributed by atoms with Gasteiger partial charge in [-0.25, -0.2) is 0 Å². The van der Waals surface area contributed by atoms with Crippen LogP contribution in [0, 0.1) is 17.0 Å². The molecule has 1 heterocycles. The fourth-order valence-electron chi connectivity index (χ4n) is 2.90. The summed E-state index contributed by atoms with van der Waals surface area (Å²) in [4.78, 5) is 15.2. The number of nitro groups is 1. The summed E-state index contributed by atoms with van der Waals surface area (Å²) in [6.07, 6.45) is 0. The number of aryl methyl sites for hydroxylation is 1. The molecule has 0 radical (unpaired) electrons. The molecule has 1 aromatic carbocycles. The van der Waals surface area contributed by atoms with Crippen LogP contribution in [0.2, 0.25) is 0 Å². The molecule has 1 fully saturated rings. The lowest BCUT2D eigenvalue weighted by Crippen LogP contribution is -2.47. The molecule has 0 spiro atoms. The van der Waals surface area contributed by atoms with Gasteiger partial charge < -0.3 is 5.11 Å². The summed E-state index contributed by atoms with van der Waals surface area (Å²) >= 11 is 0. The highest BCUT2D eigenvalue weighted by atomic mass is 16.6. The summed E-state index contributed by atoms with van der Waals surface area (Å²) in [5.41, 5.74) is 2.27. The number of hydrogen-bond donors (Lipinski definition) is 1. The van der Waals surface area contributed by atoms with Crippen LogP contribution in [0.5, 0.6) is 0 Å². The molecule has 6 heteroatoms. The van der Waals surface area contributed by atoms with Gasteiger partial charge in [-0.05, 0) is 25.0 Å². The van der Waals surface area contributed by atoms with E-state index in [0.717, 1.165) is 43.9 Å². The highest BCUT2D eigenvalue weighted by Crippen LogP contribution is 2.27. The second-order valence-electron chi connectivity index (χ2n) is 5.58. The minimum absolute atomic E-state index is 0.154. The Labute approximate surface area is 125 Å². The Morgan fingerprint density at radius 2 is 2.00 bits per heavy atom. The molecule has 0 saturated carbocycles. The van der Waals surface area contributed by atoms with Gasteiger partial charge in [-0.3, -0.25) is 19.9 Å². The zero-order valence-corrected chi connectivity index (χ0v) is 12.7. The van der Waals surface area contributed by atoms with Gasteiger partial charge in [-0.15, -0.1) is 0 Å². The van der Waals surface area contributed by atoms with Crippen molar-refractivity contribution in [1.29, 1.82) is 0 Å². The maximum Gasteiger partial charge on any atom is 0.269 e. The monoisotopic (exact) mass is 293 g/mol. The molecule has 1 N–H and O–H groups in total. The molecular formula is C15H23N3O3. The molecular weight excluding hydrogens is 270 g/mol. The number of nitro benzene ring substituents is 1. The summed E-state index contributed by atoms with van der Waals surface area (Å²) in [7, 11) is 0. The van der Waals surface area contributed by atoms with Crippen LogP contribution in [0.4, 0.5) is 5.69 Å². The maximum atomic E-state index is 10.9. The fraction of sp³-hybridized carbons (Fsp3) is 0.600. The smallest absolute Gasteiger partial charge is 0.269 e. The Hall–Kier alpha value is -1.50. The molecule has 0 aliphatic carbocycles. The quantitative estimate of drug-likeness (QED) is 0.659. The van der Waals surface area contributed by atoms with E-state index in [1.807, 2.05) is 13.0 Å². The number of piperazine rings is 1. The van der Waals surface area contributed by atoms with Crippen molar-refractivity contribution in [3.8, 4) is 0 Å². The van der Waals surface area contributed by atoms with Crippen molar-refractivity contribution in [2.75, 3.05) is 39.3 Å². The normalized spacial score (nSPS) is 18.6. The van der Waals surface area contributed by atoms with Crippen molar-refractivity contribution >= 4 is 5.69 Å². The molecule has 1 atom stereocenters. The average Bonchev–Trinajstić information content (AvgIpc) is 2.48. The Morgan fingerprint density at radius 3 is 2.57 bits per heavy atom. The maximum absolute atomic E-state index is 10.9. The predicted molar refractivity (Wildman–Crippen MR) is 81.3 cm³/mol. The number of β-amino-alcohol motifs (C(OH)–C–C–N with tert-alkyl or cyclic N) is 1. The van der Waals surface area contributed by atoms with Gasteiger partial charge in [0.25, 0.3) is 5.69 Å². The number of hydrogen-bond acceptors (Lipinski definition) is 5. The number of benzene rings is 1. The summed E-state index contributed by atoms with van der Waals surface area (Å²) in [5.74, 6) is 0. The van der Waals surface area contributed by atoms with Crippen LogP contribution in [0.15, 0.2) is 18.2 Å². The van der Waals surface area contributed by atoms with Gasteiger partial charge in [0.15, 0.2) is 0 Å². The summed E-state index contributed by atoms with van der Waals surface area (Å²) in [6, 6.07) is 5.25. The first-order chi connectivity index (χ1) is 10.0. The third-order valence-corrected chi connectivity index (χ3v) is 4.29. The van der Waals surface area contributed by atoms with Crippen LogP contribution in [0.25, 0.3) is 0 Å². The van der Waals surface area contributed by atoms with E-state index in [2.05, 4.69) is 16.7 Å². The molecule has 1 aliphatic heterocycles. The molecule has 6 nitrogen and oxygen atoms in total. The van der Waals surface area contributed by atoms with Gasteiger partial charge >= 0.3 is 0 Å². The van der Waals surface area contributed by atoms with Crippen molar-refractivity contribution < 1.29 is 10.0 Å². The lowest BCUT2D eigenvalue weighted by molar-refractivity contribution is -0.385. The van der Waals surface area contributed by atoms with Gasteiger partial charge in [0.05, 0.1) is 11.5 Å². The van der Waals surface area contributed by atoms with Crippen LogP contribution in [-0.4, -0.2) is 59.2 Å². The second kappa shape index (κ2) is 6.98. The molecule has 1 aromatic rings. The second-order valence-corrected chi connectivity index (χ2v) is 5.58. The largest absolute Gasteiger partial charge is 0.395 e. The third-order valence-electron chi connectivity index (χ3n) is 4.29. The Kier molecular flexibility index (Phi) is 5.27. The average molecular weight is 293 g/mol. The van der Waals surface area contributed by atoms with Crippen LogP contribution in [-0.2, 0) is 0 Å². The van der Waals surface area contributed by atoms with Crippen LogP contribution >= 0.6 is 0 Å². The van der Waals surface area contributed by atoms with Crippen molar-refractivity contribution in [1.82, 2.24) is 9.80 Å². The molecule has 0 aromatic heterocycles. The molecule has 0 bridgehead atoms. The number of nitrogens with zero attached hydrogens (tertiary/aromatic N) is 3. The van der Waals surface area contributed by atoms with Crippen LogP contribution in [0.1, 0.15) is 24.1 Å². The molecule has 1 saturated heterocycles. The first-order valence-electron chi connectivity index (χ1n) is 7.35. The van der Waals surface area contributed by atoms with E-state index < -0.39 is 0 Å². The minimum atomic E-state index is -0.338. The fourth-order valence-corrected chi connectivity index (χ4v) is 2.90. The lowest BCUT2D eigenvalue weighted by Gasteiger charge is -2.38. The number of aliphatic hydroxyl groups is 1. The summed E-state index contributed by atoms with van der Waals surface area (Å²) in [5, 5.41) is 19.9. The van der Waals surface area contributed by atoms with Gasteiger partial charge in [-0.2, -0.15) is 0 Å². The van der Waals surface area contributed by atoms with E-state index in [1.165, 1.54) is 0 Å². The van der Waals surface area contributed by atoms with Gasteiger partial charge in [0.2, 0.25) is 0 Å². The summed E-state index contributed by atoms with van der Waals surface area (Å²) < 4.78 is 0. The van der Waals surface area contributed by atoms with E-state index in [0.29, 0.717) is 0 Å². The molecule has 116 valence electrons. The third kappa shape index (κ3) is 3.78. The van der Waals surface area contributed by atoms with E-state index in [9.17, 15) is 10.1 Å². The number of rotatable bonds is 5. The molecule has 21 heavy (non-hydrogen) atoms. The SMILES string of the molecule is Cc1ccc([N+](=O)[O-])cc1C(C)N1CCN(CCO)CC1. The molecule has 2 rings (SSSR count).